The predicted molar refractivity (Wildman–Crippen MR) is 56.0 cm³/mol. The van der Waals surface area contributed by atoms with Crippen LogP contribution in [-0.4, -0.2) is 36.1 Å². The summed E-state index contributed by atoms with van der Waals surface area (Å²) in [5.41, 5.74) is -0.402. The lowest BCUT2D eigenvalue weighted by Crippen LogP contribution is -2.31. The van der Waals surface area contributed by atoms with Crippen molar-refractivity contribution in [2.45, 2.75) is 26.1 Å². The molecule has 0 bridgehead atoms. The average molecular weight is 236 g/mol. The molecule has 1 atom stereocenters. The quantitative estimate of drug-likeness (QED) is 0.228. The van der Waals surface area contributed by atoms with Gasteiger partial charge in [0.1, 0.15) is 6.61 Å². The summed E-state index contributed by atoms with van der Waals surface area (Å²) in [6.07, 6.45) is 0. The topological polar surface area (TPSA) is 65.0 Å². The molecule has 0 fully saturated rings. The van der Waals surface area contributed by atoms with Crippen LogP contribution in [-0.2, 0) is 19.2 Å². The zero-order valence-electron chi connectivity index (χ0n) is 8.95. The van der Waals surface area contributed by atoms with Crippen molar-refractivity contribution in [2.24, 2.45) is 5.16 Å². The van der Waals surface area contributed by atoms with E-state index in [4.69, 9.17) is 11.6 Å². The summed E-state index contributed by atoms with van der Waals surface area (Å²) in [6, 6.07) is 0. The van der Waals surface area contributed by atoms with E-state index in [9.17, 15) is 9.59 Å². The van der Waals surface area contributed by atoms with Crippen molar-refractivity contribution in [3.05, 3.63) is 0 Å². The van der Waals surface area contributed by atoms with E-state index >= 15 is 0 Å². The van der Waals surface area contributed by atoms with Crippen molar-refractivity contribution in [1.29, 1.82) is 0 Å². The molecule has 0 aliphatic rings. The number of carbonyl (C=O) groups excluding carboxylic acids is 2. The third-order valence-electron chi connectivity index (χ3n) is 1.35. The first-order chi connectivity index (χ1) is 7.04. The Morgan fingerprint density at radius 3 is 2.33 bits per heavy atom. The minimum Gasteiger partial charge on any atom is -0.461 e. The Kier molecular flexibility index (Phi) is 6.70. The van der Waals surface area contributed by atoms with Crippen molar-refractivity contribution in [3.8, 4) is 0 Å². The summed E-state index contributed by atoms with van der Waals surface area (Å²) < 4.78 is 4.64. The molecule has 0 heterocycles. The van der Waals surface area contributed by atoms with Crippen LogP contribution in [0.25, 0.3) is 0 Å². The van der Waals surface area contributed by atoms with Gasteiger partial charge < -0.3 is 9.57 Å². The number of esters is 1. The van der Waals surface area contributed by atoms with Gasteiger partial charge in [0.15, 0.2) is 0 Å². The van der Waals surface area contributed by atoms with Gasteiger partial charge in [-0.1, -0.05) is 5.16 Å². The molecule has 0 radical (unpaired) electrons. The minimum atomic E-state index is -0.839. The van der Waals surface area contributed by atoms with Crippen LogP contribution in [0.5, 0.6) is 0 Å². The molecule has 0 aromatic heterocycles. The highest BCUT2D eigenvalue weighted by atomic mass is 35.5. The molecule has 0 amide bonds. The van der Waals surface area contributed by atoms with Gasteiger partial charge in [-0.2, -0.15) is 0 Å². The van der Waals surface area contributed by atoms with E-state index in [2.05, 4.69) is 14.7 Å². The van der Waals surface area contributed by atoms with E-state index in [1.165, 1.54) is 6.92 Å². The second kappa shape index (κ2) is 7.23. The highest BCUT2D eigenvalue weighted by Crippen LogP contribution is 2.00. The molecule has 0 saturated carbocycles. The summed E-state index contributed by atoms with van der Waals surface area (Å²) in [5.74, 6) is -1.42. The molecule has 6 heteroatoms. The number of ketones is 1. The van der Waals surface area contributed by atoms with Crippen molar-refractivity contribution in [2.75, 3.05) is 13.2 Å². The Hall–Kier alpha value is -1.10. The Morgan fingerprint density at radius 2 is 1.93 bits per heavy atom. The molecule has 0 aromatic rings. The highest BCUT2D eigenvalue weighted by molar-refractivity contribution is 6.68. The lowest BCUT2D eigenvalue weighted by molar-refractivity contribution is -0.136. The van der Waals surface area contributed by atoms with Gasteiger partial charge >= 0.3 is 5.97 Å². The largest absolute Gasteiger partial charge is 0.461 e. The average Bonchev–Trinajstić information content (AvgIpc) is 2.18. The Labute approximate surface area is 93.4 Å². The first-order valence-electron chi connectivity index (χ1n) is 4.59. The Balaban J connectivity index is 4.73. The van der Waals surface area contributed by atoms with Gasteiger partial charge in [0.25, 0.3) is 0 Å². The van der Waals surface area contributed by atoms with E-state index in [0.29, 0.717) is 0 Å². The van der Waals surface area contributed by atoms with Crippen molar-refractivity contribution >= 4 is 29.1 Å². The van der Waals surface area contributed by atoms with E-state index in [0.717, 1.165) is 0 Å². The molecule has 0 spiro atoms. The fourth-order valence-corrected chi connectivity index (χ4v) is 0.803. The number of halogens is 1. The number of carbonyl (C=O) groups is 2. The normalized spacial score (nSPS) is 13.2. The maximum atomic E-state index is 11.4. The smallest absolute Gasteiger partial charge is 0.364 e. The number of hydrogen-bond donors (Lipinski definition) is 0. The molecule has 0 aromatic carbocycles. The summed E-state index contributed by atoms with van der Waals surface area (Å²) in [5, 5.41) is 2.55. The molecule has 15 heavy (non-hydrogen) atoms. The standard InChI is InChI=1S/C9H14ClNO4/c1-4-14-9(13)7(11-15-5-2)8(12)6(3)10/h6H,4-5H2,1-3H3. The van der Waals surface area contributed by atoms with Gasteiger partial charge in [-0.3, -0.25) is 4.79 Å². The summed E-state index contributed by atoms with van der Waals surface area (Å²) in [7, 11) is 0. The van der Waals surface area contributed by atoms with Crippen LogP contribution in [0, 0.1) is 0 Å². The maximum absolute atomic E-state index is 11.4. The minimum absolute atomic E-state index is 0.161. The molecule has 5 nitrogen and oxygen atoms in total. The highest BCUT2D eigenvalue weighted by Gasteiger charge is 2.26. The number of Topliss-reactive ketones (excluding diaryl/α,β-unsaturated/α-hetero) is 1. The van der Waals surface area contributed by atoms with Crippen LogP contribution in [0.1, 0.15) is 20.8 Å². The SMILES string of the molecule is CCON=C(C(=O)OCC)C(=O)C(C)Cl. The maximum Gasteiger partial charge on any atom is 0.364 e. The number of hydrogen-bond acceptors (Lipinski definition) is 5. The van der Waals surface area contributed by atoms with Crippen LogP contribution in [0.4, 0.5) is 0 Å². The van der Waals surface area contributed by atoms with E-state index in [1.54, 1.807) is 13.8 Å². The van der Waals surface area contributed by atoms with Crippen LogP contribution in [0.3, 0.4) is 0 Å². The van der Waals surface area contributed by atoms with Gasteiger partial charge in [-0.05, 0) is 20.8 Å². The summed E-state index contributed by atoms with van der Waals surface area (Å²) in [4.78, 5) is 27.3. The molecule has 0 N–H and O–H groups in total. The van der Waals surface area contributed by atoms with Crippen LogP contribution in [0.2, 0.25) is 0 Å². The van der Waals surface area contributed by atoms with Gasteiger partial charge in [0.05, 0.1) is 12.0 Å². The second-order valence-corrected chi connectivity index (χ2v) is 3.21. The van der Waals surface area contributed by atoms with Gasteiger partial charge in [0, 0.05) is 0 Å². The first kappa shape index (κ1) is 13.9. The molecule has 0 saturated heterocycles. The third-order valence-corrected chi connectivity index (χ3v) is 1.55. The summed E-state index contributed by atoms with van der Waals surface area (Å²) in [6.45, 7) is 5.18. The fourth-order valence-electron chi connectivity index (χ4n) is 0.700. The van der Waals surface area contributed by atoms with Gasteiger partial charge in [0.2, 0.25) is 11.5 Å². The van der Waals surface area contributed by atoms with Crippen LogP contribution >= 0.6 is 11.6 Å². The number of alkyl halides is 1. The van der Waals surface area contributed by atoms with E-state index in [1.807, 2.05) is 0 Å². The number of oxime groups is 1. The lowest BCUT2D eigenvalue weighted by atomic mass is 10.2. The van der Waals surface area contributed by atoms with Crippen LogP contribution < -0.4 is 0 Å². The van der Waals surface area contributed by atoms with Crippen molar-refractivity contribution in [1.82, 2.24) is 0 Å². The van der Waals surface area contributed by atoms with Gasteiger partial charge in [-0.25, -0.2) is 4.79 Å². The van der Waals surface area contributed by atoms with Crippen molar-refractivity contribution in [3.63, 3.8) is 0 Å². The molecule has 0 aliphatic heterocycles. The number of ether oxygens (including phenoxy) is 1. The molecule has 86 valence electrons. The van der Waals surface area contributed by atoms with E-state index < -0.39 is 22.8 Å². The molecule has 0 rings (SSSR count). The van der Waals surface area contributed by atoms with Crippen molar-refractivity contribution < 1.29 is 19.2 Å². The zero-order valence-corrected chi connectivity index (χ0v) is 9.71. The van der Waals surface area contributed by atoms with Gasteiger partial charge in [-0.15, -0.1) is 11.6 Å². The number of nitrogens with zero attached hydrogens (tertiary/aromatic N) is 1. The molecule has 0 aliphatic carbocycles. The zero-order chi connectivity index (χ0) is 11.8. The lowest BCUT2D eigenvalue weighted by Gasteiger charge is -2.05. The predicted octanol–water partition coefficient (Wildman–Crippen LogP) is 1.14. The first-order valence-corrected chi connectivity index (χ1v) is 5.03. The second-order valence-electron chi connectivity index (χ2n) is 2.56. The Bertz CT molecular complexity index is 263. The molecular weight excluding hydrogens is 222 g/mol. The third kappa shape index (κ3) is 4.78. The fraction of sp³-hybridized carbons (Fsp3) is 0.667. The summed E-state index contributed by atoms with van der Waals surface area (Å²) >= 11 is 5.55. The van der Waals surface area contributed by atoms with Crippen LogP contribution in [0.15, 0.2) is 5.16 Å². The Morgan fingerprint density at radius 1 is 1.33 bits per heavy atom. The number of rotatable bonds is 6. The monoisotopic (exact) mass is 235 g/mol. The molecular formula is C9H14ClNO4. The molecule has 1 unspecified atom stereocenters. The van der Waals surface area contributed by atoms with E-state index in [-0.39, 0.29) is 13.2 Å².